The van der Waals surface area contributed by atoms with Crippen LogP contribution in [0.15, 0.2) is 72.8 Å². The summed E-state index contributed by atoms with van der Waals surface area (Å²) in [6, 6.07) is 24.5. The monoisotopic (exact) mass is 359 g/mol. The maximum atomic E-state index is 11.8. The molecule has 0 unspecified atom stereocenters. The van der Waals surface area contributed by atoms with Gasteiger partial charge in [0, 0.05) is 23.5 Å². The van der Waals surface area contributed by atoms with E-state index in [4.69, 9.17) is 5.21 Å². The molecule has 3 aromatic rings. The second-order valence-corrected chi connectivity index (χ2v) is 6.61. The first-order valence-corrected chi connectivity index (χ1v) is 8.98. The number of nitrogens with one attached hydrogen (secondary N) is 2. The van der Waals surface area contributed by atoms with Crippen molar-refractivity contribution in [2.24, 2.45) is 0 Å². The molecule has 27 heavy (non-hydrogen) atoms. The van der Waals surface area contributed by atoms with Crippen LogP contribution in [0.4, 0.5) is 11.4 Å². The van der Waals surface area contributed by atoms with Gasteiger partial charge in [0.2, 0.25) is 0 Å². The van der Waals surface area contributed by atoms with E-state index >= 15 is 0 Å². The van der Waals surface area contributed by atoms with E-state index < -0.39 is 0 Å². The second-order valence-electron chi connectivity index (χ2n) is 6.61. The summed E-state index contributed by atoms with van der Waals surface area (Å²) in [7, 11) is 0. The molecule has 0 radical (unpaired) electrons. The number of carbonyl (C=O) groups excluding carboxylic acids is 1. The number of rotatable bonds is 4. The van der Waals surface area contributed by atoms with Crippen LogP contribution in [0, 0.1) is 0 Å². The minimum Gasteiger partial charge on any atom is -0.337 e. The maximum Gasteiger partial charge on any atom is 0.267 e. The van der Waals surface area contributed by atoms with E-state index in [9.17, 15) is 4.79 Å². The fourth-order valence-corrected chi connectivity index (χ4v) is 3.61. The highest BCUT2D eigenvalue weighted by Gasteiger charge is 2.20. The van der Waals surface area contributed by atoms with Gasteiger partial charge in [-0.2, -0.15) is 0 Å². The average Bonchev–Trinajstić information content (AvgIpc) is 2.86. The zero-order valence-electron chi connectivity index (χ0n) is 14.9. The first-order valence-electron chi connectivity index (χ1n) is 8.98. The van der Waals surface area contributed by atoms with E-state index in [0.717, 1.165) is 18.4 Å². The Morgan fingerprint density at radius 2 is 1.41 bits per heavy atom. The topological polar surface area (TPSA) is 64.6 Å². The van der Waals surface area contributed by atoms with Gasteiger partial charge in [0.25, 0.3) is 5.91 Å². The van der Waals surface area contributed by atoms with E-state index in [-0.39, 0.29) is 5.91 Å². The first-order chi connectivity index (χ1) is 13.3. The number of aryl methyl sites for hydroxylation is 2. The van der Waals surface area contributed by atoms with Crippen LogP contribution in [-0.2, 0) is 19.4 Å². The van der Waals surface area contributed by atoms with Crippen LogP contribution in [0.2, 0.25) is 0 Å². The van der Waals surface area contributed by atoms with Crippen molar-refractivity contribution in [3.63, 3.8) is 0 Å². The average molecular weight is 359 g/mol. The molecular weight excluding hydrogens is 338 g/mol. The van der Waals surface area contributed by atoms with Gasteiger partial charge in [-0.25, -0.2) is 0 Å². The predicted molar refractivity (Wildman–Crippen MR) is 105 cm³/mol. The van der Waals surface area contributed by atoms with Crippen molar-refractivity contribution in [2.75, 3.05) is 4.90 Å². The number of hydrogen-bond donors (Lipinski definition) is 3. The Balaban J connectivity index is 1.68. The van der Waals surface area contributed by atoms with E-state index in [0.29, 0.717) is 12.1 Å². The highest BCUT2D eigenvalue weighted by molar-refractivity contribution is 5.93. The van der Waals surface area contributed by atoms with Crippen molar-refractivity contribution >= 4 is 17.3 Å². The zero-order chi connectivity index (χ0) is 18.6. The number of carbonyl (C=O) groups is 1. The van der Waals surface area contributed by atoms with Crippen LogP contribution in [0.5, 0.6) is 0 Å². The third-order valence-corrected chi connectivity index (χ3v) is 4.95. The molecular formula is C22H21N3O2. The van der Waals surface area contributed by atoms with Gasteiger partial charge < -0.3 is 4.90 Å². The Hall–Kier alpha value is -3.15. The summed E-state index contributed by atoms with van der Waals surface area (Å²) in [5, 5.41) is 8.59. The third kappa shape index (κ3) is 3.56. The van der Waals surface area contributed by atoms with Crippen molar-refractivity contribution in [2.45, 2.75) is 19.4 Å². The number of hydrogen-bond acceptors (Lipinski definition) is 4. The van der Waals surface area contributed by atoms with Gasteiger partial charge >= 0.3 is 0 Å². The SMILES string of the molecule is O=C(NNO)c1ccc(CN2c3ccccc3CCc3ccccc32)cc1. The normalized spacial score (nSPS) is 12.7. The van der Waals surface area contributed by atoms with Gasteiger partial charge in [0.05, 0.1) is 0 Å². The molecule has 136 valence electrons. The molecule has 5 heteroatoms. The lowest BCUT2D eigenvalue weighted by Crippen LogP contribution is -2.34. The molecule has 1 aliphatic heterocycles. The minimum atomic E-state index is -0.380. The number of benzene rings is 3. The quantitative estimate of drug-likeness (QED) is 0.621. The maximum absolute atomic E-state index is 11.8. The van der Waals surface area contributed by atoms with Crippen LogP contribution in [0.25, 0.3) is 0 Å². The highest BCUT2D eigenvalue weighted by Crippen LogP contribution is 2.36. The van der Waals surface area contributed by atoms with Gasteiger partial charge in [-0.1, -0.05) is 48.5 Å². The molecule has 0 spiro atoms. The lowest BCUT2D eigenvalue weighted by Gasteiger charge is -2.27. The Bertz CT molecular complexity index is 906. The molecule has 0 aliphatic carbocycles. The number of para-hydroxylation sites is 2. The largest absolute Gasteiger partial charge is 0.337 e. The summed E-state index contributed by atoms with van der Waals surface area (Å²) in [6.07, 6.45) is 2.05. The number of nitrogens with zero attached hydrogens (tertiary/aromatic N) is 1. The van der Waals surface area contributed by atoms with E-state index in [1.165, 1.54) is 22.5 Å². The molecule has 5 nitrogen and oxygen atoms in total. The number of anilines is 2. The summed E-state index contributed by atoms with van der Waals surface area (Å²) < 4.78 is 0. The zero-order valence-corrected chi connectivity index (χ0v) is 14.9. The van der Waals surface area contributed by atoms with Crippen LogP contribution >= 0.6 is 0 Å². The van der Waals surface area contributed by atoms with Gasteiger partial charge in [-0.3, -0.25) is 15.4 Å². The molecule has 0 bridgehead atoms. The third-order valence-electron chi connectivity index (χ3n) is 4.95. The summed E-state index contributed by atoms with van der Waals surface area (Å²) in [4.78, 5) is 14.1. The Labute approximate surface area is 158 Å². The molecule has 0 atom stereocenters. The molecule has 3 N–H and O–H groups in total. The molecule has 0 saturated heterocycles. The second kappa shape index (κ2) is 7.61. The fourth-order valence-electron chi connectivity index (χ4n) is 3.61. The Morgan fingerprint density at radius 3 is 1.96 bits per heavy atom. The molecule has 1 amide bonds. The van der Waals surface area contributed by atoms with Crippen LogP contribution in [0.1, 0.15) is 27.0 Å². The smallest absolute Gasteiger partial charge is 0.267 e. The molecule has 0 aromatic heterocycles. The van der Waals surface area contributed by atoms with Crippen molar-refractivity contribution in [3.05, 3.63) is 95.1 Å². The lowest BCUT2D eigenvalue weighted by atomic mass is 10.0. The lowest BCUT2D eigenvalue weighted by molar-refractivity contribution is 0.0731. The van der Waals surface area contributed by atoms with Crippen LogP contribution < -0.4 is 15.9 Å². The van der Waals surface area contributed by atoms with Gasteiger partial charge in [-0.05, 0) is 53.8 Å². The van der Waals surface area contributed by atoms with Crippen molar-refractivity contribution in [1.29, 1.82) is 0 Å². The summed E-state index contributed by atoms with van der Waals surface area (Å²) >= 11 is 0. The summed E-state index contributed by atoms with van der Waals surface area (Å²) in [5.41, 5.74) is 10.6. The van der Waals surface area contributed by atoms with Gasteiger partial charge in [-0.15, -0.1) is 5.59 Å². The van der Waals surface area contributed by atoms with Gasteiger partial charge in [0.1, 0.15) is 0 Å². The molecule has 1 heterocycles. The van der Waals surface area contributed by atoms with E-state index in [1.807, 2.05) is 12.1 Å². The van der Waals surface area contributed by atoms with Crippen molar-refractivity contribution < 1.29 is 10.0 Å². The summed E-state index contributed by atoms with van der Waals surface area (Å²) in [5.74, 6) is -0.380. The number of hydrazine groups is 1. The Morgan fingerprint density at radius 1 is 0.852 bits per heavy atom. The fraction of sp³-hybridized carbons (Fsp3) is 0.136. The number of amides is 1. The molecule has 3 aromatic carbocycles. The molecule has 0 saturated carbocycles. The van der Waals surface area contributed by atoms with Crippen LogP contribution in [-0.4, -0.2) is 11.1 Å². The Kier molecular flexibility index (Phi) is 4.87. The van der Waals surface area contributed by atoms with E-state index in [2.05, 4.69) is 58.9 Å². The minimum absolute atomic E-state index is 0.380. The van der Waals surface area contributed by atoms with Gasteiger partial charge in [0.15, 0.2) is 0 Å². The highest BCUT2D eigenvalue weighted by atomic mass is 16.5. The molecule has 0 fully saturated rings. The summed E-state index contributed by atoms with van der Waals surface area (Å²) in [6.45, 7) is 0.716. The molecule has 1 aliphatic rings. The van der Waals surface area contributed by atoms with Crippen molar-refractivity contribution in [1.82, 2.24) is 11.0 Å². The first kappa shape index (κ1) is 17.3. The predicted octanol–water partition coefficient (Wildman–Crippen LogP) is 3.75. The molecule has 4 rings (SSSR count). The van der Waals surface area contributed by atoms with E-state index in [1.54, 1.807) is 17.7 Å². The standard InChI is InChI=1S/C22H21N3O2/c26-22(23-24-27)19-11-9-16(10-12-19)15-25-20-7-3-1-5-17(20)13-14-18-6-2-4-8-21(18)25/h1-12,24,27H,13-15H2,(H,23,26). The van der Waals surface area contributed by atoms with Crippen molar-refractivity contribution in [3.8, 4) is 0 Å². The number of fused-ring (bicyclic) bond motifs is 2. The van der Waals surface area contributed by atoms with Crippen LogP contribution in [0.3, 0.4) is 0 Å².